The molecule has 6 nitrogen and oxygen atoms in total. The van der Waals surface area contributed by atoms with Gasteiger partial charge in [-0.15, -0.1) is 4.74 Å². The van der Waals surface area contributed by atoms with E-state index in [4.69, 9.17) is 9.26 Å². The third kappa shape index (κ3) is 2.28. The summed E-state index contributed by atoms with van der Waals surface area (Å²) < 4.78 is 11.3. The molecule has 3 aromatic rings. The molecule has 0 saturated heterocycles. The SMILES string of the molecule is CCOC(=O)c1c(C)c(=O)on1-c1ccc2ccccc2n1. The van der Waals surface area contributed by atoms with Gasteiger partial charge in [-0.1, -0.05) is 18.2 Å². The molecule has 2 aromatic heterocycles. The van der Waals surface area contributed by atoms with Crippen molar-refractivity contribution < 1.29 is 14.1 Å². The normalized spacial score (nSPS) is 10.8. The smallest absolute Gasteiger partial charge is 0.361 e. The zero-order valence-electron chi connectivity index (χ0n) is 12.2. The highest BCUT2D eigenvalue weighted by molar-refractivity contribution is 5.89. The first kappa shape index (κ1) is 14.1. The summed E-state index contributed by atoms with van der Waals surface area (Å²) in [6.45, 7) is 3.43. The molecule has 0 saturated carbocycles. The molecule has 0 aliphatic carbocycles. The Bertz CT molecular complexity index is 908. The van der Waals surface area contributed by atoms with Crippen molar-refractivity contribution in [2.45, 2.75) is 13.8 Å². The Morgan fingerprint density at radius 2 is 2.05 bits per heavy atom. The second-order valence-electron chi connectivity index (χ2n) is 4.73. The highest BCUT2D eigenvalue weighted by Gasteiger charge is 2.23. The average molecular weight is 298 g/mol. The summed E-state index contributed by atoms with van der Waals surface area (Å²) in [5.41, 5.74) is 0.421. The molecule has 0 fully saturated rings. The highest BCUT2D eigenvalue weighted by Crippen LogP contribution is 2.17. The van der Waals surface area contributed by atoms with Gasteiger partial charge in [0.15, 0.2) is 11.5 Å². The quantitative estimate of drug-likeness (QED) is 0.694. The Morgan fingerprint density at radius 3 is 2.82 bits per heavy atom. The van der Waals surface area contributed by atoms with E-state index in [0.29, 0.717) is 5.82 Å². The van der Waals surface area contributed by atoms with E-state index < -0.39 is 11.6 Å². The molecule has 0 unspecified atom stereocenters. The maximum atomic E-state index is 12.1. The van der Waals surface area contributed by atoms with Gasteiger partial charge >= 0.3 is 11.6 Å². The van der Waals surface area contributed by atoms with Crippen LogP contribution in [0.1, 0.15) is 23.0 Å². The number of aromatic nitrogens is 2. The summed E-state index contributed by atoms with van der Waals surface area (Å²) in [6.07, 6.45) is 0. The predicted molar refractivity (Wildman–Crippen MR) is 80.3 cm³/mol. The monoisotopic (exact) mass is 298 g/mol. The van der Waals surface area contributed by atoms with Gasteiger partial charge in [0.25, 0.3) is 0 Å². The van der Waals surface area contributed by atoms with Crippen molar-refractivity contribution in [1.82, 2.24) is 9.72 Å². The Balaban J connectivity index is 2.19. The van der Waals surface area contributed by atoms with Crippen LogP contribution in [0, 0.1) is 6.92 Å². The standard InChI is InChI=1S/C16H14N2O4/c1-3-21-16(20)14-10(2)15(19)22-18(14)13-9-8-11-6-4-5-7-12(11)17-13/h4-9H,3H2,1-2H3. The second-order valence-corrected chi connectivity index (χ2v) is 4.73. The van der Waals surface area contributed by atoms with Crippen LogP contribution >= 0.6 is 0 Å². The lowest BCUT2D eigenvalue weighted by Gasteiger charge is -2.06. The molecule has 112 valence electrons. The van der Waals surface area contributed by atoms with E-state index in [1.54, 1.807) is 13.0 Å². The zero-order chi connectivity index (χ0) is 15.7. The van der Waals surface area contributed by atoms with Gasteiger partial charge < -0.3 is 9.26 Å². The molecule has 0 aliphatic heterocycles. The molecular weight excluding hydrogens is 284 g/mol. The van der Waals surface area contributed by atoms with E-state index in [1.807, 2.05) is 30.3 Å². The number of nitrogens with zero attached hydrogens (tertiary/aromatic N) is 2. The number of pyridine rings is 1. The first-order valence-corrected chi connectivity index (χ1v) is 6.88. The summed E-state index contributed by atoms with van der Waals surface area (Å²) in [7, 11) is 0. The van der Waals surface area contributed by atoms with Crippen LogP contribution in [0.3, 0.4) is 0 Å². The van der Waals surface area contributed by atoms with Gasteiger partial charge in [-0.3, -0.25) is 0 Å². The molecule has 0 N–H and O–H groups in total. The minimum Gasteiger partial charge on any atom is -0.461 e. The highest BCUT2D eigenvalue weighted by atomic mass is 16.5. The number of fused-ring (bicyclic) bond motifs is 1. The molecule has 22 heavy (non-hydrogen) atoms. The van der Waals surface area contributed by atoms with Crippen molar-refractivity contribution in [3.8, 4) is 5.82 Å². The van der Waals surface area contributed by atoms with Gasteiger partial charge in [-0.2, -0.15) is 0 Å². The largest absolute Gasteiger partial charge is 0.461 e. The number of ether oxygens (including phenoxy) is 1. The molecule has 3 rings (SSSR count). The summed E-state index contributed by atoms with van der Waals surface area (Å²) >= 11 is 0. The second kappa shape index (κ2) is 5.48. The fraction of sp³-hybridized carbons (Fsp3) is 0.188. The van der Waals surface area contributed by atoms with E-state index in [2.05, 4.69) is 4.98 Å². The third-order valence-corrected chi connectivity index (χ3v) is 3.30. The lowest BCUT2D eigenvalue weighted by Crippen LogP contribution is -2.13. The van der Waals surface area contributed by atoms with Gasteiger partial charge in [0.2, 0.25) is 0 Å². The number of carbonyl (C=O) groups excluding carboxylic acids is 1. The van der Waals surface area contributed by atoms with Crippen LogP contribution in [0.15, 0.2) is 45.7 Å². The first-order chi connectivity index (χ1) is 10.6. The molecule has 0 atom stereocenters. The van der Waals surface area contributed by atoms with Crippen molar-refractivity contribution in [2.75, 3.05) is 6.61 Å². The summed E-state index contributed by atoms with van der Waals surface area (Å²) in [6, 6.07) is 11.1. The molecule has 2 heterocycles. The predicted octanol–water partition coefficient (Wildman–Crippen LogP) is 2.46. The summed E-state index contributed by atoms with van der Waals surface area (Å²) in [4.78, 5) is 28.3. The number of para-hydroxylation sites is 1. The number of benzene rings is 1. The van der Waals surface area contributed by atoms with Crippen LogP contribution in [-0.4, -0.2) is 22.3 Å². The maximum Gasteiger partial charge on any atom is 0.361 e. The summed E-state index contributed by atoms with van der Waals surface area (Å²) in [5, 5.41) is 0.954. The number of rotatable bonds is 3. The van der Waals surface area contributed by atoms with Crippen molar-refractivity contribution in [3.63, 3.8) is 0 Å². The van der Waals surface area contributed by atoms with Crippen LogP contribution in [0.4, 0.5) is 0 Å². The minimum atomic E-state index is -0.610. The molecule has 0 spiro atoms. The maximum absolute atomic E-state index is 12.1. The number of hydrogen-bond acceptors (Lipinski definition) is 5. The van der Waals surface area contributed by atoms with Crippen molar-refractivity contribution in [2.24, 2.45) is 0 Å². The van der Waals surface area contributed by atoms with Crippen molar-refractivity contribution >= 4 is 16.9 Å². The third-order valence-electron chi connectivity index (χ3n) is 3.30. The summed E-state index contributed by atoms with van der Waals surface area (Å²) in [5.74, 6) is -0.257. The van der Waals surface area contributed by atoms with E-state index in [9.17, 15) is 9.59 Å². The van der Waals surface area contributed by atoms with Gasteiger partial charge in [-0.05, 0) is 32.0 Å². The molecule has 0 radical (unpaired) electrons. The van der Waals surface area contributed by atoms with E-state index >= 15 is 0 Å². The van der Waals surface area contributed by atoms with Crippen molar-refractivity contribution in [1.29, 1.82) is 0 Å². The number of esters is 1. The molecular formula is C16H14N2O4. The van der Waals surface area contributed by atoms with Crippen LogP contribution in [0.5, 0.6) is 0 Å². The topological polar surface area (TPSA) is 74.3 Å². The fourth-order valence-electron chi connectivity index (χ4n) is 2.21. The zero-order valence-corrected chi connectivity index (χ0v) is 12.2. The fourth-order valence-corrected chi connectivity index (χ4v) is 2.21. The molecule has 6 heteroatoms. The Hall–Kier alpha value is -2.89. The Kier molecular flexibility index (Phi) is 3.50. The molecule has 0 amide bonds. The molecule has 0 aliphatic rings. The van der Waals surface area contributed by atoms with E-state index in [1.165, 1.54) is 6.92 Å². The van der Waals surface area contributed by atoms with Gasteiger partial charge in [0.05, 0.1) is 17.7 Å². The van der Waals surface area contributed by atoms with Crippen LogP contribution in [0.2, 0.25) is 0 Å². The lowest BCUT2D eigenvalue weighted by atomic mass is 10.2. The number of hydrogen-bond donors (Lipinski definition) is 0. The first-order valence-electron chi connectivity index (χ1n) is 6.88. The van der Waals surface area contributed by atoms with Crippen LogP contribution in [-0.2, 0) is 4.74 Å². The van der Waals surface area contributed by atoms with Gasteiger partial charge in [0, 0.05) is 5.39 Å². The van der Waals surface area contributed by atoms with Crippen LogP contribution in [0.25, 0.3) is 16.7 Å². The Morgan fingerprint density at radius 1 is 1.27 bits per heavy atom. The number of carbonyl (C=O) groups is 1. The lowest BCUT2D eigenvalue weighted by molar-refractivity contribution is 0.0506. The van der Waals surface area contributed by atoms with Crippen molar-refractivity contribution in [3.05, 3.63) is 58.1 Å². The minimum absolute atomic E-state index is 0.0645. The Labute approximate surface area is 125 Å². The van der Waals surface area contributed by atoms with Gasteiger partial charge in [0.1, 0.15) is 0 Å². The van der Waals surface area contributed by atoms with E-state index in [0.717, 1.165) is 15.6 Å². The molecule has 1 aromatic carbocycles. The average Bonchev–Trinajstić information content (AvgIpc) is 2.83. The van der Waals surface area contributed by atoms with Gasteiger partial charge in [-0.25, -0.2) is 14.6 Å². The molecule has 0 bridgehead atoms. The van der Waals surface area contributed by atoms with Crippen LogP contribution < -0.4 is 5.63 Å². The van der Waals surface area contributed by atoms with E-state index in [-0.39, 0.29) is 17.9 Å².